The molecule has 0 aliphatic carbocycles. The molecule has 1 unspecified atom stereocenters. The summed E-state index contributed by atoms with van der Waals surface area (Å²) in [5, 5.41) is 9.16. The fourth-order valence-corrected chi connectivity index (χ4v) is 6.49. The van der Waals surface area contributed by atoms with E-state index in [9.17, 15) is 13.2 Å². The topological polar surface area (TPSA) is 89.9 Å². The Kier molecular flexibility index (Phi) is 9.46. The quantitative estimate of drug-likeness (QED) is 0.194. The molecule has 6 nitrogen and oxygen atoms in total. The number of sulfone groups is 1. The number of carboxylic acid groups (broad SMARTS) is 1. The monoisotopic (exact) mass is 646 g/mol. The summed E-state index contributed by atoms with van der Waals surface area (Å²) >= 11 is 0. The second kappa shape index (κ2) is 13.4. The van der Waals surface area contributed by atoms with E-state index in [1.807, 2.05) is 49.4 Å². The van der Waals surface area contributed by atoms with E-state index in [1.165, 1.54) is 12.5 Å². The van der Waals surface area contributed by atoms with Gasteiger partial charge in [0.05, 0.1) is 4.90 Å². The summed E-state index contributed by atoms with van der Waals surface area (Å²) in [5.74, 6) is 6.49. The molecule has 4 aromatic carbocycles. The molecule has 0 fully saturated rings. The van der Waals surface area contributed by atoms with E-state index in [2.05, 4.69) is 56.9 Å². The van der Waals surface area contributed by atoms with Crippen molar-refractivity contribution in [2.75, 3.05) is 6.61 Å². The first-order valence-electron chi connectivity index (χ1n) is 15.4. The van der Waals surface area contributed by atoms with Crippen molar-refractivity contribution in [2.24, 2.45) is 0 Å². The second-order valence-corrected chi connectivity index (χ2v) is 14.7. The van der Waals surface area contributed by atoms with Gasteiger partial charge in [0, 0.05) is 16.0 Å². The van der Waals surface area contributed by atoms with Crippen LogP contribution in [0, 0.1) is 18.8 Å². The molecule has 0 saturated heterocycles. The summed E-state index contributed by atoms with van der Waals surface area (Å²) < 4.78 is 36.4. The first kappa shape index (κ1) is 33.3. The molecule has 0 spiro atoms. The molecule has 1 heterocycles. The van der Waals surface area contributed by atoms with Crippen molar-refractivity contribution in [1.82, 2.24) is 0 Å². The van der Waals surface area contributed by atoms with Gasteiger partial charge in [0.1, 0.15) is 18.1 Å². The van der Waals surface area contributed by atoms with Crippen LogP contribution in [0.3, 0.4) is 0 Å². The van der Waals surface area contributed by atoms with Crippen molar-refractivity contribution in [2.45, 2.75) is 58.0 Å². The average Bonchev–Trinajstić information content (AvgIpc) is 3.26. The van der Waals surface area contributed by atoms with Gasteiger partial charge in [0.25, 0.3) is 0 Å². The third-order valence-corrected chi connectivity index (χ3v) is 9.94. The van der Waals surface area contributed by atoms with E-state index in [4.69, 9.17) is 14.6 Å². The smallest absolute Gasteiger partial charge is 0.344 e. The number of aryl methyl sites for hydroxylation is 1. The zero-order valence-corrected chi connectivity index (χ0v) is 28.2. The maximum absolute atomic E-state index is 12.4. The van der Waals surface area contributed by atoms with Crippen LogP contribution in [-0.2, 0) is 20.0 Å². The van der Waals surface area contributed by atoms with Gasteiger partial charge in [-0.05, 0) is 120 Å². The van der Waals surface area contributed by atoms with Crippen LogP contribution in [0.2, 0.25) is 0 Å². The first-order chi connectivity index (χ1) is 22.2. The standard InChI is InChI=1S/C40H38O6S/c1-26-23-35(18-19-37(26)46-28(3)39(41)42)45-22-21-36(32-14-16-34(17-15-32)40(4,5)6)31-12-9-29(10-13-31)7-8-30-11-20-38-33(25-30)24-27(2)47(38,43)44/h9-21,23-25,28H,22H2,1-6H3,(H,41,42). The SMILES string of the molecule is CC1=Cc2cc(C#Cc3ccc(C(=CCOc4ccc(OC(C)C(=O)O)c(C)c4)c4ccc(C(C)(C)C)cc4)cc3)ccc2S1(=O)=O. The Hall–Kier alpha value is -5.06. The van der Waals surface area contributed by atoms with E-state index in [1.54, 1.807) is 37.3 Å². The van der Waals surface area contributed by atoms with Crippen LogP contribution in [0.1, 0.15) is 73.6 Å². The van der Waals surface area contributed by atoms with Crippen LogP contribution in [0.4, 0.5) is 0 Å². The van der Waals surface area contributed by atoms with Gasteiger partial charge in [-0.2, -0.15) is 0 Å². The Morgan fingerprint density at radius 1 is 0.872 bits per heavy atom. The molecular weight excluding hydrogens is 609 g/mol. The molecule has 4 aromatic rings. The summed E-state index contributed by atoms with van der Waals surface area (Å²) in [7, 11) is -3.37. The number of rotatable bonds is 8. The number of hydrogen-bond donors (Lipinski definition) is 1. The van der Waals surface area contributed by atoms with Crippen LogP contribution in [0.5, 0.6) is 11.5 Å². The number of benzene rings is 4. The number of aliphatic carboxylic acids is 1. The van der Waals surface area contributed by atoms with Crippen LogP contribution >= 0.6 is 0 Å². The highest BCUT2D eigenvalue weighted by atomic mass is 32.2. The van der Waals surface area contributed by atoms with Gasteiger partial charge in [-0.3, -0.25) is 0 Å². The molecule has 5 rings (SSSR count). The third kappa shape index (κ3) is 7.67. The lowest BCUT2D eigenvalue weighted by molar-refractivity contribution is -0.144. The summed E-state index contributed by atoms with van der Waals surface area (Å²) in [5.41, 5.74) is 7.39. The zero-order chi connectivity index (χ0) is 33.9. The highest BCUT2D eigenvalue weighted by molar-refractivity contribution is 7.95. The average molecular weight is 647 g/mol. The van der Waals surface area contributed by atoms with Gasteiger partial charge < -0.3 is 14.6 Å². The van der Waals surface area contributed by atoms with E-state index in [-0.39, 0.29) is 5.41 Å². The molecule has 0 saturated carbocycles. The Labute approximate surface area is 277 Å². The van der Waals surface area contributed by atoms with E-state index in [0.29, 0.717) is 33.5 Å². The fourth-order valence-electron chi connectivity index (χ4n) is 5.19. The van der Waals surface area contributed by atoms with Crippen LogP contribution in [-0.4, -0.2) is 32.2 Å². The van der Waals surface area contributed by atoms with Gasteiger partial charge in [-0.15, -0.1) is 0 Å². The van der Waals surface area contributed by atoms with E-state index < -0.39 is 21.9 Å². The van der Waals surface area contributed by atoms with Crippen LogP contribution in [0.15, 0.2) is 101 Å². The number of ether oxygens (including phenoxy) is 2. The normalized spacial score (nSPS) is 14.3. The summed E-state index contributed by atoms with van der Waals surface area (Å²) in [6.07, 6.45) is 2.78. The summed E-state index contributed by atoms with van der Waals surface area (Å²) in [6, 6.07) is 27.1. The lowest BCUT2D eigenvalue weighted by atomic mass is 9.85. The fraction of sp³-hybridized carbons (Fsp3) is 0.225. The van der Waals surface area contributed by atoms with Crippen LogP contribution in [0.25, 0.3) is 11.6 Å². The number of fused-ring (bicyclic) bond motifs is 1. The Morgan fingerprint density at radius 3 is 2.11 bits per heavy atom. The Morgan fingerprint density at radius 2 is 1.49 bits per heavy atom. The Bertz CT molecular complexity index is 2050. The molecule has 1 atom stereocenters. The van der Waals surface area contributed by atoms with Gasteiger partial charge in [0.2, 0.25) is 9.84 Å². The van der Waals surface area contributed by atoms with Crippen molar-refractivity contribution in [3.63, 3.8) is 0 Å². The summed E-state index contributed by atoms with van der Waals surface area (Å²) in [4.78, 5) is 11.9. The molecule has 1 aliphatic rings. The molecule has 47 heavy (non-hydrogen) atoms. The van der Waals surface area contributed by atoms with Crippen molar-refractivity contribution >= 4 is 27.5 Å². The molecule has 1 aliphatic heterocycles. The molecular formula is C40H38O6S. The predicted octanol–water partition coefficient (Wildman–Crippen LogP) is 8.20. The minimum Gasteiger partial charge on any atom is -0.489 e. The highest BCUT2D eigenvalue weighted by Crippen LogP contribution is 2.33. The van der Waals surface area contributed by atoms with E-state index in [0.717, 1.165) is 33.4 Å². The molecule has 240 valence electrons. The van der Waals surface area contributed by atoms with Crippen molar-refractivity contribution in [3.8, 4) is 23.3 Å². The molecule has 0 aromatic heterocycles. The highest BCUT2D eigenvalue weighted by Gasteiger charge is 2.26. The zero-order valence-electron chi connectivity index (χ0n) is 27.4. The first-order valence-corrected chi connectivity index (χ1v) is 16.8. The lowest BCUT2D eigenvalue weighted by Crippen LogP contribution is -2.23. The molecule has 0 bridgehead atoms. The number of carbonyl (C=O) groups is 1. The number of carboxylic acids is 1. The molecule has 1 N–H and O–H groups in total. The van der Waals surface area contributed by atoms with Gasteiger partial charge in [-0.25, -0.2) is 13.2 Å². The van der Waals surface area contributed by atoms with Crippen LogP contribution < -0.4 is 9.47 Å². The molecule has 0 amide bonds. The lowest BCUT2D eigenvalue weighted by Gasteiger charge is -2.19. The van der Waals surface area contributed by atoms with Gasteiger partial charge in [0.15, 0.2) is 6.10 Å². The van der Waals surface area contributed by atoms with Crippen molar-refractivity contribution < 1.29 is 27.8 Å². The Balaban J connectivity index is 1.38. The second-order valence-electron chi connectivity index (χ2n) is 12.6. The maximum Gasteiger partial charge on any atom is 0.344 e. The predicted molar refractivity (Wildman–Crippen MR) is 186 cm³/mol. The van der Waals surface area contributed by atoms with Gasteiger partial charge in [-0.1, -0.05) is 69.0 Å². The van der Waals surface area contributed by atoms with Crippen molar-refractivity contribution in [3.05, 3.63) is 135 Å². The largest absolute Gasteiger partial charge is 0.489 e. The van der Waals surface area contributed by atoms with Gasteiger partial charge >= 0.3 is 5.97 Å². The minimum atomic E-state index is -3.37. The molecule has 0 radical (unpaired) electrons. The van der Waals surface area contributed by atoms with Crippen molar-refractivity contribution in [1.29, 1.82) is 0 Å². The summed E-state index contributed by atoms with van der Waals surface area (Å²) in [6.45, 7) is 11.8. The minimum absolute atomic E-state index is 0.0318. The third-order valence-electron chi connectivity index (χ3n) is 8.03. The van der Waals surface area contributed by atoms with E-state index >= 15 is 0 Å². The number of hydrogen-bond acceptors (Lipinski definition) is 5. The molecule has 7 heteroatoms. The maximum atomic E-state index is 12.4. The number of allylic oxidation sites excluding steroid dienone is 1.